The van der Waals surface area contributed by atoms with Crippen LogP contribution in [0.2, 0.25) is 0 Å². The molecule has 4 nitrogen and oxygen atoms in total. The van der Waals surface area contributed by atoms with E-state index in [0.717, 1.165) is 20.2 Å². The molecule has 22 heavy (non-hydrogen) atoms. The van der Waals surface area contributed by atoms with Crippen LogP contribution in [0.15, 0.2) is 24.3 Å². The third-order valence-corrected chi connectivity index (χ3v) is 5.61. The van der Waals surface area contributed by atoms with Crippen molar-refractivity contribution >= 4 is 54.0 Å². The molecule has 0 aliphatic rings. The molecule has 0 radical (unpaired) electrons. The van der Waals surface area contributed by atoms with Gasteiger partial charge in [0.05, 0.1) is 18.5 Å². The van der Waals surface area contributed by atoms with Crippen molar-refractivity contribution in [1.82, 2.24) is 0 Å². The molecule has 0 amide bonds. The predicted molar refractivity (Wildman–Crippen MR) is 85.7 cm³/mol. The van der Waals surface area contributed by atoms with Crippen LogP contribution in [0.4, 0.5) is 0 Å². The molecule has 0 N–H and O–H groups in total. The lowest BCUT2D eigenvalue weighted by atomic mass is 10.2. The van der Waals surface area contributed by atoms with Gasteiger partial charge in [0.25, 0.3) is 0 Å². The van der Waals surface area contributed by atoms with Gasteiger partial charge in [0.2, 0.25) is 0 Å². The van der Waals surface area contributed by atoms with Gasteiger partial charge in [-0.15, -0.1) is 22.7 Å². The van der Waals surface area contributed by atoms with Crippen LogP contribution in [-0.4, -0.2) is 0 Å². The summed E-state index contributed by atoms with van der Waals surface area (Å²) in [5, 5.41) is 37.8. The minimum absolute atomic E-state index is 0.0902. The third kappa shape index (κ3) is 2.01. The molecule has 0 saturated heterocycles. The largest absolute Gasteiger partial charge is 0.192 e. The molecule has 0 fully saturated rings. The topological polar surface area (TPSA) is 95.2 Å². The maximum absolute atomic E-state index is 8.98. The van der Waals surface area contributed by atoms with Crippen molar-refractivity contribution in [2.75, 3.05) is 0 Å². The highest BCUT2D eigenvalue weighted by molar-refractivity contribution is 7.25. The smallest absolute Gasteiger partial charge is 0.146 e. The monoisotopic (exact) mass is 316 g/mol. The zero-order chi connectivity index (χ0) is 15.7. The van der Waals surface area contributed by atoms with Gasteiger partial charge in [-0.05, 0) is 22.9 Å². The molecule has 1 aromatic carbocycles. The normalized spacial score (nSPS) is 9.64. The highest BCUT2D eigenvalue weighted by Crippen LogP contribution is 2.30. The van der Waals surface area contributed by atoms with Crippen molar-refractivity contribution in [3.63, 3.8) is 0 Å². The molecule has 6 heteroatoms. The maximum Gasteiger partial charge on any atom is 0.146 e. The lowest BCUT2D eigenvalue weighted by Crippen LogP contribution is -1.94. The Morgan fingerprint density at radius 3 is 1.36 bits per heavy atom. The summed E-state index contributed by atoms with van der Waals surface area (Å²) in [6.45, 7) is 0. The van der Waals surface area contributed by atoms with Gasteiger partial charge in [-0.3, -0.25) is 0 Å². The van der Waals surface area contributed by atoms with Crippen LogP contribution in [0.5, 0.6) is 0 Å². The summed E-state index contributed by atoms with van der Waals surface area (Å²) < 4.78 is 3.18. The fourth-order valence-corrected chi connectivity index (χ4v) is 4.47. The van der Waals surface area contributed by atoms with E-state index >= 15 is 0 Å². The number of rotatable bonds is 0. The highest BCUT2D eigenvalue weighted by atomic mass is 32.1. The van der Waals surface area contributed by atoms with Gasteiger partial charge >= 0.3 is 0 Å². The number of thiophene rings is 2. The quantitative estimate of drug-likeness (QED) is 0.636. The van der Waals surface area contributed by atoms with Crippen LogP contribution in [0.3, 0.4) is 0 Å². The van der Waals surface area contributed by atoms with E-state index < -0.39 is 0 Å². The molecule has 0 atom stereocenters. The zero-order valence-corrected chi connectivity index (χ0v) is 12.5. The van der Waals surface area contributed by atoms with E-state index in [9.17, 15) is 0 Å². The fourth-order valence-electron chi connectivity index (χ4n) is 2.11. The van der Waals surface area contributed by atoms with E-state index in [1.165, 1.54) is 22.7 Å². The summed E-state index contributed by atoms with van der Waals surface area (Å²) >= 11 is 2.76. The van der Waals surface area contributed by atoms with Gasteiger partial charge in [-0.25, -0.2) is 0 Å². The summed E-state index contributed by atoms with van der Waals surface area (Å²) in [5.74, 6) is 0. The van der Waals surface area contributed by atoms with Crippen LogP contribution in [0.25, 0.3) is 31.3 Å². The third-order valence-electron chi connectivity index (χ3n) is 3.11. The van der Waals surface area contributed by atoms with Gasteiger partial charge in [0.1, 0.15) is 35.4 Å². The van der Waals surface area contributed by atoms with E-state index in [4.69, 9.17) is 21.0 Å². The van der Waals surface area contributed by atoms with Crippen LogP contribution in [0.1, 0.15) is 0 Å². The van der Waals surface area contributed by atoms with Crippen molar-refractivity contribution in [2.45, 2.75) is 0 Å². The minimum atomic E-state index is 0.0902. The zero-order valence-electron chi connectivity index (χ0n) is 10.9. The molecule has 0 aliphatic carbocycles. The minimum Gasteiger partial charge on any atom is -0.192 e. The SMILES string of the molecule is N#CC(C#N)=c1cc2ccc3cc(=C(C#N)C#N)sc3c2s1. The molecular weight excluding hydrogens is 312 g/mol. The number of nitrogens with zero attached hydrogens (tertiary/aromatic N) is 4. The molecule has 2 aromatic heterocycles. The molecule has 0 aliphatic heterocycles. The number of hydrogen-bond donors (Lipinski definition) is 0. The van der Waals surface area contributed by atoms with Crippen LogP contribution in [-0.2, 0) is 0 Å². The standard InChI is InChI=1S/C16H4N4S2/c17-5-11(6-18)13-3-9-1-2-10-4-14(12(7-19)8-20)22-16(10)15(9)21-13/h1-4H. The Bertz CT molecular complexity index is 1080. The van der Waals surface area contributed by atoms with E-state index in [2.05, 4.69) is 0 Å². The van der Waals surface area contributed by atoms with Crippen molar-refractivity contribution in [2.24, 2.45) is 0 Å². The van der Waals surface area contributed by atoms with E-state index in [1.807, 2.05) is 48.5 Å². The molecule has 2 heterocycles. The summed E-state index contributed by atoms with van der Waals surface area (Å²) in [4.78, 5) is 0. The summed E-state index contributed by atoms with van der Waals surface area (Å²) in [7, 11) is 0. The summed E-state index contributed by atoms with van der Waals surface area (Å²) in [6.07, 6.45) is 0. The molecule has 0 spiro atoms. The molecule has 100 valence electrons. The second-order valence-corrected chi connectivity index (χ2v) is 6.43. The van der Waals surface area contributed by atoms with Gasteiger partial charge in [-0.2, -0.15) is 21.0 Å². The van der Waals surface area contributed by atoms with Crippen molar-refractivity contribution < 1.29 is 0 Å². The molecule has 0 bridgehead atoms. The Hall–Kier alpha value is -3.16. The van der Waals surface area contributed by atoms with E-state index in [1.54, 1.807) is 0 Å². The van der Waals surface area contributed by atoms with Gasteiger partial charge in [-0.1, -0.05) is 12.1 Å². The Balaban J connectivity index is 2.50. The molecular formula is C16H4N4S2. The van der Waals surface area contributed by atoms with Gasteiger partial charge < -0.3 is 0 Å². The lowest BCUT2D eigenvalue weighted by molar-refractivity contribution is 1.51. The first-order valence-corrected chi connectivity index (χ1v) is 7.66. The maximum atomic E-state index is 8.98. The number of nitriles is 4. The Morgan fingerprint density at radius 2 is 1.05 bits per heavy atom. The highest BCUT2D eigenvalue weighted by Gasteiger charge is 2.09. The summed E-state index contributed by atoms with van der Waals surface area (Å²) in [6, 6.07) is 15.1. The van der Waals surface area contributed by atoms with Gasteiger partial charge in [0.15, 0.2) is 0 Å². The van der Waals surface area contributed by atoms with Gasteiger partial charge in [0, 0.05) is 0 Å². The fraction of sp³-hybridized carbons (Fsp3) is 0. The van der Waals surface area contributed by atoms with Crippen LogP contribution >= 0.6 is 22.7 Å². The van der Waals surface area contributed by atoms with E-state index in [-0.39, 0.29) is 11.1 Å². The predicted octanol–water partition coefficient (Wildman–Crippen LogP) is 2.51. The number of fused-ring (bicyclic) bond motifs is 3. The first-order chi connectivity index (χ1) is 10.7. The van der Waals surface area contributed by atoms with Crippen LogP contribution < -0.4 is 9.06 Å². The van der Waals surface area contributed by atoms with Crippen molar-refractivity contribution in [1.29, 1.82) is 21.0 Å². The molecule has 0 saturated carbocycles. The molecule has 3 rings (SSSR count). The Labute approximate surface area is 132 Å². The number of hydrogen-bond acceptors (Lipinski definition) is 6. The van der Waals surface area contributed by atoms with Crippen molar-refractivity contribution in [3.8, 4) is 24.3 Å². The first kappa shape index (κ1) is 13.8. The van der Waals surface area contributed by atoms with Crippen LogP contribution in [0, 0.1) is 45.3 Å². The van der Waals surface area contributed by atoms with E-state index in [0.29, 0.717) is 9.06 Å². The molecule has 0 unspecified atom stereocenters. The second kappa shape index (κ2) is 5.32. The number of benzene rings is 1. The summed E-state index contributed by atoms with van der Waals surface area (Å²) in [5.41, 5.74) is 0.180. The Kier molecular flexibility index (Phi) is 3.34. The average Bonchev–Trinajstić information content (AvgIpc) is 3.13. The Morgan fingerprint density at radius 1 is 0.682 bits per heavy atom. The molecule has 3 aromatic rings. The second-order valence-electron chi connectivity index (χ2n) is 4.32. The average molecular weight is 316 g/mol. The van der Waals surface area contributed by atoms with Crippen molar-refractivity contribution in [3.05, 3.63) is 33.3 Å². The lowest BCUT2D eigenvalue weighted by Gasteiger charge is -1.90. The first-order valence-electron chi connectivity index (χ1n) is 6.03.